The van der Waals surface area contributed by atoms with E-state index < -0.39 is 30.2 Å². The van der Waals surface area contributed by atoms with E-state index in [-0.39, 0.29) is 5.56 Å². The first-order valence-corrected chi connectivity index (χ1v) is 4.39. The van der Waals surface area contributed by atoms with Crippen LogP contribution in [0.2, 0.25) is 0 Å². The third kappa shape index (κ3) is 2.50. The molecule has 0 aromatic heterocycles. The van der Waals surface area contributed by atoms with Crippen molar-refractivity contribution in [3.63, 3.8) is 0 Å². The van der Waals surface area contributed by atoms with E-state index in [1.807, 2.05) is 0 Å². The molecule has 0 fully saturated rings. The Labute approximate surface area is 89.1 Å². The fourth-order valence-corrected chi connectivity index (χ4v) is 1.37. The molecule has 1 rings (SSSR count). The molecule has 0 saturated carbocycles. The van der Waals surface area contributed by atoms with Crippen LogP contribution in [0.1, 0.15) is 21.8 Å². The lowest BCUT2D eigenvalue weighted by Gasteiger charge is -2.19. The molecule has 0 spiro atoms. The zero-order valence-electron chi connectivity index (χ0n) is 8.09. The number of benzene rings is 1. The van der Waals surface area contributed by atoms with Crippen molar-refractivity contribution in [2.75, 3.05) is 6.67 Å². The highest BCUT2D eigenvalue weighted by Crippen LogP contribution is 2.36. The molecule has 0 aliphatic rings. The molecule has 0 saturated heterocycles. The molecule has 1 amide bonds. The monoisotopic (exact) mass is 235 g/mol. The normalized spacial score (nSPS) is 13.5. The van der Waals surface area contributed by atoms with Crippen molar-refractivity contribution >= 4 is 5.91 Å². The van der Waals surface area contributed by atoms with Gasteiger partial charge in [-0.25, -0.2) is 0 Å². The van der Waals surface area contributed by atoms with E-state index in [0.29, 0.717) is 0 Å². The number of alkyl halides is 4. The maximum absolute atomic E-state index is 12.5. The standard InChI is InChI=1S/C10H9F4NO/c11-5-8(10(12,13)14)6-3-1-2-4-7(6)9(15)16/h1-4,8H,5H2,(H2,15,16)/t8-/m1/s1. The number of hydrogen-bond acceptors (Lipinski definition) is 1. The molecule has 2 N–H and O–H groups in total. The van der Waals surface area contributed by atoms with Crippen LogP contribution >= 0.6 is 0 Å². The van der Waals surface area contributed by atoms with Crippen LogP contribution in [0.25, 0.3) is 0 Å². The Bertz CT molecular complexity index is 389. The molecular formula is C10H9F4NO. The van der Waals surface area contributed by atoms with Gasteiger partial charge in [-0.1, -0.05) is 18.2 Å². The third-order valence-electron chi connectivity index (χ3n) is 2.15. The topological polar surface area (TPSA) is 43.1 Å². The van der Waals surface area contributed by atoms with Crippen molar-refractivity contribution in [3.8, 4) is 0 Å². The zero-order valence-corrected chi connectivity index (χ0v) is 8.09. The number of amides is 1. The van der Waals surface area contributed by atoms with Crippen LogP contribution in [0.4, 0.5) is 17.6 Å². The van der Waals surface area contributed by atoms with Gasteiger partial charge in [-0.2, -0.15) is 13.2 Å². The molecule has 0 bridgehead atoms. The molecule has 88 valence electrons. The highest BCUT2D eigenvalue weighted by atomic mass is 19.4. The lowest BCUT2D eigenvalue weighted by Crippen LogP contribution is -2.26. The van der Waals surface area contributed by atoms with Crippen molar-refractivity contribution in [3.05, 3.63) is 35.4 Å². The summed E-state index contributed by atoms with van der Waals surface area (Å²) in [4.78, 5) is 10.9. The van der Waals surface area contributed by atoms with Crippen LogP contribution in [0.15, 0.2) is 24.3 Å². The summed E-state index contributed by atoms with van der Waals surface area (Å²) in [6, 6.07) is 4.87. The second-order valence-electron chi connectivity index (χ2n) is 3.20. The number of primary amides is 1. The maximum atomic E-state index is 12.5. The first-order chi connectivity index (χ1) is 7.38. The minimum atomic E-state index is -4.74. The average Bonchev–Trinajstić information content (AvgIpc) is 2.17. The predicted molar refractivity (Wildman–Crippen MR) is 49.7 cm³/mol. The van der Waals surface area contributed by atoms with Crippen molar-refractivity contribution in [1.29, 1.82) is 0 Å². The molecule has 2 nitrogen and oxygen atoms in total. The van der Waals surface area contributed by atoms with Crippen LogP contribution in [0, 0.1) is 0 Å². The SMILES string of the molecule is NC(=O)c1ccccc1[C@@H](CF)C(F)(F)F. The molecular weight excluding hydrogens is 226 g/mol. The number of nitrogens with two attached hydrogens (primary N) is 1. The fraction of sp³-hybridized carbons (Fsp3) is 0.300. The Morgan fingerprint density at radius 1 is 1.31 bits per heavy atom. The van der Waals surface area contributed by atoms with E-state index in [4.69, 9.17) is 5.73 Å². The van der Waals surface area contributed by atoms with Crippen LogP contribution in [-0.2, 0) is 0 Å². The summed E-state index contributed by atoms with van der Waals surface area (Å²) < 4.78 is 49.8. The molecule has 0 heterocycles. The molecule has 0 aliphatic carbocycles. The van der Waals surface area contributed by atoms with Gasteiger partial charge in [-0.3, -0.25) is 9.18 Å². The van der Waals surface area contributed by atoms with E-state index in [1.54, 1.807) is 0 Å². The van der Waals surface area contributed by atoms with Gasteiger partial charge >= 0.3 is 6.18 Å². The predicted octanol–water partition coefficient (Wildman–Crippen LogP) is 2.40. The number of carbonyl (C=O) groups is 1. The quantitative estimate of drug-likeness (QED) is 0.803. The average molecular weight is 235 g/mol. The first kappa shape index (κ1) is 12.5. The number of halogens is 4. The Balaban J connectivity index is 3.25. The van der Waals surface area contributed by atoms with Gasteiger partial charge in [0.25, 0.3) is 0 Å². The summed E-state index contributed by atoms with van der Waals surface area (Å²) in [6.07, 6.45) is -4.74. The molecule has 6 heteroatoms. The van der Waals surface area contributed by atoms with Crippen molar-refractivity contribution < 1.29 is 22.4 Å². The van der Waals surface area contributed by atoms with Gasteiger partial charge in [0.1, 0.15) is 12.6 Å². The fourth-order valence-electron chi connectivity index (χ4n) is 1.37. The lowest BCUT2D eigenvalue weighted by atomic mass is 9.94. The molecule has 1 aromatic carbocycles. The molecule has 0 radical (unpaired) electrons. The number of carbonyl (C=O) groups excluding carboxylic acids is 1. The minimum absolute atomic E-state index is 0.303. The second-order valence-corrected chi connectivity index (χ2v) is 3.20. The number of rotatable bonds is 3. The van der Waals surface area contributed by atoms with Crippen molar-refractivity contribution in [2.24, 2.45) is 5.73 Å². The third-order valence-corrected chi connectivity index (χ3v) is 2.15. The van der Waals surface area contributed by atoms with Gasteiger partial charge in [0.05, 0.1) is 0 Å². The van der Waals surface area contributed by atoms with Crippen molar-refractivity contribution in [2.45, 2.75) is 12.1 Å². The summed E-state index contributed by atoms with van der Waals surface area (Å²) in [5.74, 6) is -3.31. The van der Waals surface area contributed by atoms with Gasteiger partial charge in [-0.05, 0) is 11.6 Å². The van der Waals surface area contributed by atoms with E-state index in [2.05, 4.69) is 0 Å². The largest absolute Gasteiger partial charge is 0.398 e. The lowest BCUT2D eigenvalue weighted by molar-refractivity contribution is -0.153. The summed E-state index contributed by atoms with van der Waals surface area (Å²) >= 11 is 0. The molecule has 1 atom stereocenters. The summed E-state index contributed by atoms with van der Waals surface area (Å²) in [5.41, 5.74) is 4.19. The molecule has 1 aromatic rings. The number of hydrogen-bond donors (Lipinski definition) is 1. The summed E-state index contributed by atoms with van der Waals surface area (Å²) in [6.45, 7) is -1.62. The molecule has 16 heavy (non-hydrogen) atoms. The summed E-state index contributed by atoms with van der Waals surface area (Å²) in [7, 11) is 0. The van der Waals surface area contributed by atoms with E-state index in [9.17, 15) is 22.4 Å². The van der Waals surface area contributed by atoms with Gasteiger partial charge in [0, 0.05) is 5.56 Å². The molecule has 0 aliphatic heterocycles. The van der Waals surface area contributed by atoms with Gasteiger partial charge < -0.3 is 5.73 Å². The van der Waals surface area contributed by atoms with Crippen LogP contribution in [0.5, 0.6) is 0 Å². The smallest absolute Gasteiger partial charge is 0.366 e. The second kappa shape index (κ2) is 4.51. The molecule has 0 unspecified atom stereocenters. The van der Waals surface area contributed by atoms with Crippen LogP contribution < -0.4 is 5.73 Å². The summed E-state index contributed by atoms with van der Waals surface area (Å²) in [5, 5.41) is 0. The van der Waals surface area contributed by atoms with Crippen LogP contribution in [0.3, 0.4) is 0 Å². The Kier molecular flexibility index (Phi) is 3.51. The maximum Gasteiger partial charge on any atom is 0.398 e. The van der Waals surface area contributed by atoms with E-state index in [0.717, 1.165) is 12.1 Å². The Hall–Kier alpha value is -1.59. The minimum Gasteiger partial charge on any atom is -0.366 e. The Morgan fingerprint density at radius 3 is 2.31 bits per heavy atom. The van der Waals surface area contributed by atoms with Crippen molar-refractivity contribution in [1.82, 2.24) is 0 Å². The van der Waals surface area contributed by atoms with E-state index >= 15 is 0 Å². The zero-order chi connectivity index (χ0) is 12.3. The van der Waals surface area contributed by atoms with Gasteiger partial charge in [0.2, 0.25) is 5.91 Å². The van der Waals surface area contributed by atoms with Gasteiger partial charge in [-0.15, -0.1) is 0 Å². The van der Waals surface area contributed by atoms with E-state index in [1.165, 1.54) is 12.1 Å². The van der Waals surface area contributed by atoms with Crippen LogP contribution in [-0.4, -0.2) is 18.8 Å². The highest BCUT2D eigenvalue weighted by Gasteiger charge is 2.42. The first-order valence-electron chi connectivity index (χ1n) is 4.39. The Morgan fingerprint density at radius 2 is 1.88 bits per heavy atom. The highest BCUT2D eigenvalue weighted by molar-refractivity contribution is 5.94. The van der Waals surface area contributed by atoms with Gasteiger partial charge in [0.15, 0.2) is 0 Å².